The topological polar surface area (TPSA) is 64.6 Å². The van der Waals surface area contributed by atoms with Crippen LogP contribution in [0.3, 0.4) is 0 Å². The number of amides is 1. The molecule has 0 atom stereocenters. The molecule has 5 rings (SSSR count). The van der Waals surface area contributed by atoms with Gasteiger partial charge < -0.3 is 9.47 Å². The normalized spacial score (nSPS) is 12.3. The van der Waals surface area contributed by atoms with Gasteiger partial charge >= 0.3 is 0 Å². The van der Waals surface area contributed by atoms with Gasteiger partial charge in [-0.25, -0.2) is 4.98 Å². The lowest BCUT2D eigenvalue weighted by Crippen LogP contribution is -2.32. The van der Waals surface area contributed by atoms with E-state index < -0.39 is 0 Å². The van der Waals surface area contributed by atoms with Gasteiger partial charge in [-0.2, -0.15) is 0 Å². The van der Waals surface area contributed by atoms with E-state index in [1.807, 2.05) is 48.5 Å². The van der Waals surface area contributed by atoms with Crippen molar-refractivity contribution in [2.24, 2.45) is 0 Å². The van der Waals surface area contributed by atoms with Gasteiger partial charge in [0.25, 0.3) is 0 Å². The Labute approximate surface area is 177 Å². The number of pyridine rings is 1. The van der Waals surface area contributed by atoms with Gasteiger partial charge in [0.1, 0.15) is 0 Å². The number of fused-ring (bicyclic) bond motifs is 2. The Morgan fingerprint density at radius 3 is 2.87 bits per heavy atom. The number of rotatable bonds is 5. The lowest BCUT2D eigenvalue weighted by molar-refractivity contribution is -0.118. The number of hydrogen-bond acceptors (Lipinski definition) is 6. The van der Waals surface area contributed by atoms with Gasteiger partial charge in [0.15, 0.2) is 16.6 Å². The molecule has 150 valence electrons. The van der Waals surface area contributed by atoms with E-state index in [2.05, 4.69) is 18.0 Å². The largest absolute Gasteiger partial charge is 0.454 e. The fraction of sp³-hybridized carbons (Fsp3) is 0.174. The van der Waals surface area contributed by atoms with E-state index in [1.54, 1.807) is 11.1 Å². The predicted octanol–water partition coefficient (Wildman–Crippen LogP) is 4.50. The summed E-state index contributed by atoms with van der Waals surface area (Å²) in [7, 11) is 0. The predicted molar refractivity (Wildman–Crippen MR) is 116 cm³/mol. The van der Waals surface area contributed by atoms with Crippen molar-refractivity contribution < 1.29 is 14.3 Å². The summed E-state index contributed by atoms with van der Waals surface area (Å²) >= 11 is 1.52. The molecule has 30 heavy (non-hydrogen) atoms. The van der Waals surface area contributed by atoms with Crippen LogP contribution in [0.25, 0.3) is 10.2 Å². The molecule has 0 bridgehead atoms. The number of nitrogens with zero attached hydrogens (tertiary/aromatic N) is 3. The van der Waals surface area contributed by atoms with Crippen LogP contribution in [0.4, 0.5) is 5.13 Å². The van der Waals surface area contributed by atoms with Crippen LogP contribution in [-0.2, 0) is 17.8 Å². The van der Waals surface area contributed by atoms with Crippen LogP contribution in [0.2, 0.25) is 0 Å². The first-order valence-corrected chi connectivity index (χ1v) is 10.4. The molecule has 1 aliphatic rings. The Kier molecular flexibility index (Phi) is 4.80. The van der Waals surface area contributed by atoms with Crippen LogP contribution in [0, 0.1) is 6.92 Å². The van der Waals surface area contributed by atoms with Crippen LogP contribution >= 0.6 is 11.3 Å². The van der Waals surface area contributed by atoms with Gasteiger partial charge in [0.05, 0.1) is 28.9 Å². The maximum absolute atomic E-state index is 13.4. The molecular formula is C23H19N3O3S. The Hall–Kier alpha value is -3.45. The zero-order chi connectivity index (χ0) is 20.5. The van der Waals surface area contributed by atoms with Crippen LogP contribution in [0.15, 0.2) is 60.8 Å². The Morgan fingerprint density at radius 2 is 2.00 bits per heavy atom. The maximum Gasteiger partial charge on any atom is 0.233 e. The molecule has 0 unspecified atom stereocenters. The Morgan fingerprint density at radius 1 is 1.10 bits per heavy atom. The van der Waals surface area contributed by atoms with Crippen molar-refractivity contribution in [3.63, 3.8) is 0 Å². The molecular weight excluding hydrogens is 398 g/mol. The third-order valence-corrected chi connectivity index (χ3v) is 5.94. The summed E-state index contributed by atoms with van der Waals surface area (Å²) in [5.74, 6) is 1.33. The van der Waals surface area contributed by atoms with Crippen LogP contribution in [-0.4, -0.2) is 22.7 Å². The van der Waals surface area contributed by atoms with E-state index in [1.165, 1.54) is 16.9 Å². The summed E-state index contributed by atoms with van der Waals surface area (Å²) < 4.78 is 11.9. The Bertz CT molecular complexity index is 1220. The number of carbonyl (C=O) groups is 1. The molecule has 2 aromatic heterocycles. The van der Waals surface area contributed by atoms with Crippen molar-refractivity contribution >= 4 is 32.6 Å². The van der Waals surface area contributed by atoms with E-state index in [4.69, 9.17) is 14.5 Å². The molecule has 4 aromatic rings. The fourth-order valence-electron chi connectivity index (χ4n) is 3.37. The molecule has 2 aromatic carbocycles. The van der Waals surface area contributed by atoms with E-state index in [9.17, 15) is 4.79 Å². The molecule has 0 saturated heterocycles. The second-order valence-corrected chi connectivity index (χ2v) is 8.14. The van der Waals surface area contributed by atoms with Crippen molar-refractivity contribution in [3.05, 3.63) is 77.6 Å². The first kappa shape index (κ1) is 18.6. The summed E-state index contributed by atoms with van der Waals surface area (Å²) in [4.78, 5) is 24.2. The van der Waals surface area contributed by atoms with Crippen LogP contribution in [0.1, 0.15) is 16.8 Å². The second kappa shape index (κ2) is 7.76. The van der Waals surface area contributed by atoms with E-state index in [0.29, 0.717) is 23.2 Å². The standard InChI is InChI=1S/C23H19N3O3S/c1-15-5-7-18-21(10-15)30-23(25-18)26(13-17-4-2-3-9-24-17)22(27)12-16-6-8-19-20(11-16)29-14-28-19/h2-11H,12-14H2,1H3. The average Bonchev–Trinajstić information content (AvgIpc) is 3.38. The molecule has 1 aliphatic heterocycles. The number of anilines is 1. The molecule has 0 fully saturated rings. The number of hydrogen-bond donors (Lipinski definition) is 0. The van der Waals surface area contributed by atoms with Crippen molar-refractivity contribution in [1.82, 2.24) is 9.97 Å². The zero-order valence-corrected chi connectivity index (χ0v) is 17.2. The van der Waals surface area contributed by atoms with E-state index in [0.717, 1.165) is 21.5 Å². The van der Waals surface area contributed by atoms with Crippen molar-refractivity contribution in [2.75, 3.05) is 11.7 Å². The van der Waals surface area contributed by atoms with Gasteiger partial charge in [0.2, 0.25) is 12.7 Å². The summed E-state index contributed by atoms with van der Waals surface area (Å²) in [5.41, 5.74) is 3.74. The van der Waals surface area contributed by atoms with Crippen molar-refractivity contribution in [2.45, 2.75) is 19.9 Å². The molecule has 0 N–H and O–H groups in total. The average molecular weight is 417 g/mol. The maximum atomic E-state index is 13.4. The number of aromatic nitrogens is 2. The SMILES string of the molecule is Cc1ccc2nc(N(Cc3ccccn3)C(=O)Cc3ccc4c(c3)OCO4)sc2c1. The highest BCUT2D eigenvalue weighted by molar-refractivity contribution is 7.22. The van der Waals surface area contributed by atoms with E-state index >= 15 is 0 Å². The van der Waals surface area contributed by atoms with Crippen LogP contribution in [0.5, 0.6) is 11.5 Å². The number of ether oxygens (including phenoxy) is 2. The van der Waals surface area contributed by atoms with Crippen LogP contribution < -0.4 is 14.4 Å². The van der Waals surface area contributed by atoms with Crippen molar-refractivity contribution in [1.29, 1.82) is 0 Å². The van der Waals surface area contributed by atoms with Gasteiger partial charge in [-0.1, -0.05) is 29.5 Å². The fourth-order valence-corrected chi connectivity index (χ4v) is 4.45. The second-order valence-electron chi connectivity index (χ2n) is 7.13. The monoisotopic (exact) mass is 417 g/mol. The molecule has 6 nitrogen and oxygen atoms in total. The number of benzene rings is 2. The number of thiazole rings is 1. The molecule has 7 heteroatoms. The zero-order valence-electron chi connectivity index (χ0n) is 16.4. The molecule has 0 radical (unpaired) electrons. The number of carbonyl (C=O) groups excluding carboxylic acids is 1. The Balaban J connectivity index is 1.47. The first-order valence-electron chi connectivity index (χ1n) is 9.62. The highest BCUT2D eigenvalue weighted by Gasteiger charge is 2.22. The highest BCUT2D eigenvalue weighted by atomic mass is 32.1. The highest BCUT2D eigenvalue weighted by Crippen LogP contribution is 2.34. The molecule has 1 amide bonds. The van der Waals surface area contributed by atoms with Gasteiger partial charge in [-0.3, -0.25) is 14.7 Å². The van der Waals surface area contributed by atoms with E-state index in [-0.39, 0.29) is 19.1 Å². The molecule has 0 aliphatic carbocycles. The third kappa shape index (κ3) is 3.71. The molecule has 0 saturated carbocycles. The number of aryl methyl sites for hydroxylation is 1. The van der Waals surface area contributed by atoms with Gasteiger partial charge in [-0.05, 0) is 54.4 Å². The van der Waals surface area contributed by atoms with Gasteiger partial charge in [0, 0.05) is 6.20 Å². The minimum absolute atomic E-state index is 0.0460. The molecule has 0 spiro atoms. The smallest absolute Gasteiger partial charge is 0.233 e. The lowest BCUT2D eigenvalue weighted by atomic mass is 10.1. The summed E-state index contributed by atoms with van der Waals surface area (Å²) in [6, 6.07) is 17.4. The minimum atomic E-state index is -0.0460. The minimum Gasteiger partial charge on any atom is -0.454 e. The first-order chi connectivity index (χ1) is 14.7. The summed E-state index contributed by atoms with van der Waals surface area (Å²) in [6.07, 6.45) is 1.97. The van der Waals surface area contributed by atoms with Crippen molar-refractivity contribution in [3.8, 4) is 11.5 Å². The third-order valence-electron chi connectivity index (χ3n) is 4.90. The summed E-state index contributed by atoms with van der Waals surface area (Å²) in [5, 5.41) is 0.673. The summed E-state index contributed by atoms with van der Waals surface area (Å²) in [6.45, 7) is 2.63. The quantitative estimate of drug-likeness (QED) is 0.478. The van der Waals surface area contributed by atoms with Gasteiger partial charge in [-0.15, -0.1) is 0 Å². The molecule has 3 heterocycles. The lowest BCUT2D eigenvalue weighted by Gasteiger charge is -2.19.